The lowest BCUT2D eigenvalue weighted by atomic mass is 10.1. The minimum absolute atomic E-state index is 0.249. The van der Waals surface area contributed by atoms with Crippen molar-refractivity contribution in [3.8, 4) is 0 Å². The van der Waals surface area contributed by atoms with Gasteiger partial charge in [-0.05, 0) is 25.0 Å². The van der Waals surface area contributed by atoms with Gasteiger partial charge in [0.2, 0.25) is 5.91 Å². The second kappa shape index (κ2) is 5.05. The van der Waals surface area contributed by atoms with Crippen molar-refractivity contribution >= 4 is 28.4 Å². The molecule has 108 valence electrons. The molecule has 1 unspecified atom stereocenters. The molecule has 0 saturated carbocycles. The molecule has 1 aliphatic heterocycles. The van der Waals surface area contributed by atoms with Crippen molar-refractivity contribution in [2.45, 2.75) is 18.9 Å². The highest BCUT2D eigenvalue weighted by molar-refractivity contribution is 6.01. The lowest BCUT2D eigenvalue weighted by Crippen LogP contribution is -2.43. The number of amides is 2. The molecule has 1 aliphatic rings. The maximum absolute atomic E-state index is 12.6. The van der Waals surface area contributed by atoms with Crippen LogP contribution in [0.1, 0.15) is 23.3 Å². The Labute approximate surface area is 121 Å². The molecule has 0 bridgehead atoms. The third-order valence-electron chi connectivity index (χ3n) is 3.81. The standard InChI is InChI=1S/C15H16N4O2/c16-10-8-12(18-11-5-2-1-4-9(10)11)15(21)19-7-3-6-13(19)14(17)20/h1-2,4-5,8,13H,3,6-7H2,(H2,16,18)(H2,17,20). The predicted octanol–water partition coefficient (Wildman–Crippen LogP) is 0.907. The predicted molar refractivity (Wildman–Crippen MR) is 79.4 cm³/mol. The van der Waals surface area contributed by atoms with Gasteiger partial charge in [-0.25, -0.2) is 4.98 Å². The number of para-hydroxylation sites is 1. The first-order valence-corrected chi connectivity index (χ1v) is 6.83. The summed E-state index contributed by atoms with van der Waals surface area (Å²) in [6.45, 7) is 0.515. The number of anilines is 1. The Bertz CT molecular complexity index is 729. The van der Waals surface area contributed by atoms with Gasteiger partial charge in [0.05, 0.1) is 5.52 Å². The van der Waals surface area contributed by atoms with E-state index >= 15 is 0 Å². The highest BCUT2D eigenvalue weighted by Gasteiger charge is 2.33. The monoisotopic (exact) mass is 284 g/mol. The van der Waals surface area contributed by atoms with E-state index in [1.807, 2.05) is 18.2 Å². The molecule has 0 spiro atoms. The molecule has 3 rings (SSSR count). The molecule has 2 heterocycles. The molecule has 6 nitrogen and oxygen atoms in total. The average Bonchev–Trinajstić information content (AvgIpc) is 2.96. The van der Waals surface area contributed by atoms with Crippen LogP contribution in [0, 0.1) is 0 Å². The SMILES string of the molecule is NC(=O)C1CCCN1C(=O)c1cc(N)c2ccccc2n1. The van der Waals surface area contributed by atoms with E-state index in [1.54, 1.807) is 12.1 Å². The van der Waals surface area contributed by atoms with Crippen molar-refractivity contribution in [3.63, 3.8) is 0 Å². The maximum Gasteiger partial charge on any atom is 0.273 e. The van der Waals surface area contributed by atoms with Crippen LogP contribution in [0.2, 0.25) is 0 Å². The summed E-state index contributed by atoms with van der Waals surface area (Å²) in [5.74, 6) is -0.775. The first-order valence-electron chi connectivity index (χ1n) is 6.83. The quantitative estimate of drug-likeness (QED) is 0.855. The van der Waals surface area contributed by atoms with Gasteiger partial charge >= 0.3 is 0 Å². The number of carbonyl (C=O) groups is 2. The fraction of sp³-hybridized carbons (Fsp3) is 0.267. The van der Waals surface area contributed by atoms with Crippen LogP contribution in [0.25, 0.3) is 10.9 Å². The van der Waals surface area contributed by atoms with Crippen molar-refractivity contribution in [1.82, 2.24) is 9.88 Å². The Morgan fingerprint density at radius 2 is 2.05 bits per heavy atom. The van der Waals surface area contributed by atoms with Gasteiger partial charge in [-0.15, -0.1) is 0 Å². The highest BCUT2D eigenvalue weighted by Crippen LogP contribution is 2.23. The van der Waals surface area contributed by atoms with Crippen LogP contribution >= 0.6 is 0 Å². The zero-order valence-corrected chi connectivity index (χ0v) is 11.5. The highest BCUT2D eigenvalue weighted by atomic mass is 16.2. The molecule has 1 saturated heterocycles. The molecular weight excluding hydrogens is 268 g/mol. The minimum atomic E-state index is -0.549. The number of primary amides is 1. The molecule has 4 N–H and O–H groups in total. The van der Waals surface area contributed by atoms with Gasteiger partial charge in [0.1, 0.15) is 11.7 Å². The van der Waals surface area contributed by atoms with Gasteiger partial charge in [-0.2, -0.15) is 0 Å². The largest absolute Gasteiger partial charge is 0.398 e. The van der Waals surface area contributed by atoms with Crippen LogP contribution in [-0.2, 0) is 4.79 Å². The van der Waals surface area contributed by atoms with E-state index < -0.39 is 11.9 Å². The van der Waals surface area contributed by atoms with E-state index in [2.05, 4.69) is 4.98 Å². The summed E-state index contributed by atoms with van der Waals surface area (Å²) in [4.78, 5) is 29.8. The number of benzene rings is 1. The van der Waals surface area contributed by atoms with E-state index in [1.165, 1.54) is 4.90 Å². The first-order chi connectivity index (χ1) is 10.1. The average molecular weight is 284 g/mol. The zero-order valence-electron chi connectivity index (χ0n) is 11.5. The number of nitrogens with two attached hydrogens (primary N) is 2. The topological polar surface area (TPSA) is 102 Å². The summed E-state index contributed by atoms with van der Waals surface area (Å²) in [6, 6.07) is 8.37. The third kappa shape index (κ3) is 2.29. The summed E-state index contributed by atoms with van der Waals surface area (Å²) < 4.78 is 0. The van der Waals surface area contributed by atoms with Crippen molar-refractivity contribution < 1.29 is 9.59 Å². The summed E-state index contributed by atoms with van der Waals surface area (Å²) in [5.41, 5.74) is 12.7. The number of pyridine rings is 1. The van der Waals surface area contributed by atoms with Crippen molar-refractivity contribution in [2.24, 2.45) is 5.73 Å². The maximum atomic E-state index is 12.6. The van der Waals surface area contributed by atoms with Crippen LogP contribution in [0.15, 0.2) is 30.3 Å². The fourth-order valence-electron chi connectivity index (χ4n) is 2.76. The van der Waals surface area contributed by atoms with Gasteiger partial charge in [-0.1, -0.05) is 18.2 Å². The fourth-order valence-corrected chi connectivity index (χ4v) is 2.76. The molecule has 21 heavy (non-hydrogen) atoms. The summed E-state index contributed by atoms with van der Waals surface area (Å²) in [7, 11) is 0. The number of carbonyl (C=O) groups excluding carboxylic acids is 2. The van der Waals surface area contributed by atoms with Gasteiger partial charge in [0.15, 0.2) is 0 Å². The van der Waals surface area contributed by atoms with E-state index in [9.17, 15) is 9.59 Å². The molecule has 1 aromatic heterocycles. The number of hydrogen-bond acceptors (Lipinski definition) is 4. The van der Waals surface area contributed by atoms with Crippen LogP contribution in [0.5, 0.6) is 0 Å². The Balaban J connectivity index is 2.00. The number of fused-ring (bicyclic) bond motifs is 1. The van der Waals surface area contributed by atoms with E-state index in [0.717, 1.165) is 11.8 Å². The van der Waals surface area contributed by atoms with E-state index in [4.69, 9.17) is 11.5 Å². The molecule has 1 aromatic carbocycles. The normalized spacial score (nSPS) is 18.1. The van der Waals surface area contributed by atoms with E-state index in [0.29, 0.717) is 24.2 Å². The summed E-state index contributed by atoms with van der Waals surface area (Å²) >= 11 is 0. The molecule has 1 atom stereocenters. The summed E-state index contributed by atoms with van der Waals surface area (Å²) in [5, 5.41) is 0.807. The van der Waals surface area contributed by atoms with Crippen molar-refractivity contribution in [2.75, 3.05) is 12.3 Å². The number of aromatic nitrogens is 1. The molecule has 0 aliphatic carbocycles. The van der Waals surface area contributed by atoms with Crippen LogP contribution in [0.3, 0.4) is 0 Å². The smallest absolute Gasteiger partial charge is 0.273 e. The van der Waals surface area contributed by atoms with E-state index in [-0.39, 0.29) is 11.6 Å². The van der Waals surface area contributed by atoms with Crippen molar-refractivity contribution in [1.29, 1.82) is 0 Å². The van der Waals surface area contributed by atoms with Gasteiger partial charge < -0.3 is 16.4 Å². The van der Waals surface area contributed by atoms with Gasteiger partial charge in [-0.3, -0.25) is 9.59 Å². The molecule has 2 amide bonds. The minimum Gasteiger partial charge on any atom is -0.398 e. The Morgan fingerprint density at radius 3 is 2.81 bits per heavy atom. The number of likely N-dealkylation sites (tertiary alicyclic amines) is 1. The number of nitrogens with zero attached hydrogens (tertiary/aromatic N) is 2. The van der Waals surface area contributed by atoms with Gasteiger partial charge in [0.25, 0.3) is 5.91 Å². The Kier molecular flexibility index (Phi) is 3.21. The van der Waals surface area contributed by atoms with Gasteiger partial charge in [0, 0.05) is 17.6 Å². The second-order valence-electron chi connectivity index (χ2n) is 5.17. The number of nitrogen functional groups attached to an aromatic ring is 1. The lowest BCUT2D eigenvalue weighted by molar-refractivity contribution is -0.121. The van der Waals surface area contributed by atoms with Crippen LogP contribution in [0.4, 0.5) is 5.69 Å². The zero-order chi connectivity index (χ0) is 15.0. The molecule has 6 heteroatoms. The third-order valence-corrected chi connectivity index (χ3v) is 3.81. The van der Waals surface area contributed by atoms with Crippen LogP contribution in [-0.4, -0.2) is 34.3 Å². The number of rotatable bonds is 2. The molecule has 0 radical (unpaired) electrons. The second-order valence-corrected chi connectivity index (χ2v) is 5.17. The Morgan fingerprint density at radius 1 is 1.29 bits per heavy atom. The molecule has 1 fully saturated rings. The summed E-state index contributed by atoms with van der Waals surface area (Å²) in [6.07, 6.45) is 1.37. The molecule has 2 aromatic rings. The number of hydrogen-bond donors (Lipinski definition) is 2. The first kappa shape index (κ1) is 13.4. The lowest BCUT2D eigenvalue weighted by Gasteiger charge is -2.22. The Hall–Kier alpha value is -2.63. The van der Waals surface area contributed by atoms with Crippen LogP contribution < -0.4 is 11.5 Å². The van der Waals surface area contributed by atoms with Crippen molar-refractivity contribution in [3.05, 3.63) is 36.0 Å². The molecular formula is C15H16N4O2.